The predicted octanol–water partition coefficient (Wildman–Crippen LogP) is -1.09. The second kappa shape index (κ2) is 6.10. The smallest absolute Gasteiger partial charge is 0.319 e. The third-order valence-corrected chi connectivity index (χ3v) is 2.81. The second-order valence-electron chi connectivity index (χ2n) is 4.06. The van der Waals surface area contributed by atoms with Gasteiger partial charge in [0.05, 0.1) is 24.7 Å². The molecule has 0 aliphatic carbocycles. The molecule has 1 saturated heterocycles. The van der Waals surface area contributed by atoms with Crippen molar-refractivity contribution in [2.24, 2.45) is 0 Å². The highest BCUT2D eigenvalue weighted by atomic mass is 16.6. The maximum atomic E-state index is 11.8. The number of aromatic amines is 1. The standard InChI is InChI=1S/C10H13N5O5/c16-8(14-1-3-20-4-2-14)6-11-10(17)9-7(15(18)19)5-12-13-9/h5H,1-4,6H2,(H,11,17)(H,12,13). The normalized spacial score (nSPS) is 14.9. The van der Waals surface area contributed by atoms with Crippen LogP contribution in [0.1, 0.15) is 10.5 Å². The highest BCUT2D eigenvalue weighted by Gasteiger charge is 2.24. The van der Waals surface area contributed by atoms with Gasteiger partial charge in [0.2, 0.25) is 11.6 Å². The van der Waals surface area contributed by atoms with Gasteiger partial charge in [-0.05, 0) is 0 Å². The zero-order valence-electron chi connectivity index (χ0n) is 10.5. The summed E-state index contributed by atoms with van der Waals surface area (Å²) in [6.45, 7) is 1.64. The topological polar surface area (TPSA) is 130 Å². The Balaban J connectivity index is 1.90. The molecule has 20 heavy (non-hydrogen) atoms. The largest absolute Gasteiger partial charge is 0.378 e. The van der Waals surface area contributed by atoms with E-state index in [1.54, 1.807) is 4.90 Å². The van der Waals surface area contributed by atoms with Gasteiger partial charge in [-0.15, -0.1) is 0 Å². The first-order chi connectivity index (χ1) is 9.59. The third-order valence-electron chi connectivity index (χ3n) is 2.81. The average molecular weight is 283 g/mol. The van der Waals surface area contributed by atoms with E-state index in [0.29, 0.717) is 26.3 Å². The third kappa shape index (κ3) is 3.09. The van der Waals surface area contributed by atoms with Crippen molar-refractivity contribution in [2.45, 2.75) is 0 Å². The first-order valence-electron chi connectivity index (χ1n) is 5.91. The van der Waals surface area contributed by atoms with Gasteiger partial charge >= 0.3 is 5.69 Å². The molecule has 1 aromatic heterocycles. The molecule has 2 N–H and O–H groups in total. The first kappa shape index (κ1) is 13.9. The van der Waals surface area contributed by atoms with Gasteiger partial charge in [-0.1, -0.05) is 0 Å². The van der Waals surface area contributed by atoms with Crippen LogP contribution in [0, 0.1) is 10.1 Å². The molecule has 0 aromatic carbocycles. The molecule has 1 aliphatic heterocycles. The average Bonchev–Trinajstić information content (AvgIpc) is 2.95. The molecule has 10 nitrogen and oxygen atoms in total. The molecule has 2 amide bonds. The summed E-state index contributed by atoms with van der Waals surface area (Å²) in [6, 6.07) is 0. The highest BCUT2D eigenvalue weighted by molar-refractivity contribution is 5.97. The number of morpholine rings is 1. The molecular weight excluding hydrogens is 270 g/mol. The lowest BCUT2D eigenvalue weighted by atomic mass is 10.3. The SMILES string of the molecule is O=C(NCC(=O)N1CCOCC1)c1[nH]ncc1[N+](=O)[O-]. The van der Waals surface area contributed by atoms with Crippen LogP contribution in [0.3, 0.4) is 0 Å². The molecule has 0 unspecified atom stereocenters. The zero-order chi connectivity index (χ0) is 14.5. The van der Waals surface area contributed by atoms with Crippen molar-refractivity contribution < 1.29 is 19.2 Å². The van der Waals surface area contributed by atoms with Crippen molar-refractivity contribution in [3.63, 3.8) is 0 Å². The molecule has 10 heteroatoms. The summed E-state index contributed by atoms with van der Waals surface area (Å²) in [6.07, 6.45) is 0.943. The summed E-state index contributed by atoms with van der Waals surface area (Å²) >= 11 is 0. The molecule has 0 spiro atoms. The number of carbonyl (C=O) groups excluding carboxylic acids is 2. The molecule has 0 bridgehead atoms. The predicted molar refractivity (Wildman–Crippen MR) is 65.0 cm³/mol. The fraction of sp³-hybridized carbons (Fsp3) is 0.500. The molecule has 2 heterocycles. The minimum Gasteiger partial charge on any atom is -0.378 e. The second-order valence-corrected chi connectivity index (χ2v) is 4.06. The Morgan fingerprint density at radius 3 is 2.85 bits per heavy atom. The van der Waals surface area contributed by atoms with E-state index in [0.717, 1.165) is 6.20 Å². The van der Waals surface area contributed by atoms with Gasteiger partial charge in [0.25, 0.3) is 5.91 Å². The summed E-state index contributed by atoms with van der Waals surface area (Å²) in [7, 11) is 0. The molecule has 0 radical (unpaired) electrons. The number of rotatable bonds is 4. The Morgan fingerprint density at radius 1 is 1.50 bits per heavy atom. The van der Waals surface area contributed by atoms with Crippen LogP contribution in [0.2, 0.25) is 0 Å². The lowest BCUT2D eigenvalue weighted by Gasteiger charge is -2.26. The lowest BCUT2D eigenvalue weighted by Crippen LogP contribution is -2.45. The number of nitrogens with zero attached hydrogens (tertiary/aromatic N) is 3. The number of nitrogens with one attached hydrogen (secondary N) is 2. The van der Waals surface area contributed by atoms with E-state index in [-0.39, 0.29) is 18.1 Å². The summed E-state index contributed by atoms with van der Waals surface area (Å²) in [5.41, 5.74) is -0.703. The highest BCUT2D eigenvalue weighted by Crippen LogP contribution is 2.13. The van der Waals surface area contributed by atoms with E-state index >= 15 is 0 Å². The molecule has 1 aromatic rings. The van der Waals surface area contributed by atoms with Crippen LogP contribution in [-0.4, -0.2) is 64.7 Å². The van der Waals surface area contributed by atoms with E-state index in [4.69, 9.17) is 4.74 Å². The van der Waals surface area contributed by atoms with Crippen molar-refractivity contribution in [3.8, 4) is 0 Å². The van der Waals surface area contributed by atoms with Crippen LogP contribution >= 0.6 is 0 Å². The van der Waals surface area contributed by atoms with Crippen molar-refractivity contribution in [3.05, 3.63) is 22.0 Å². The fourth-order valence-corrected chi connectivity index (χ4v) is 1.75. The van der Waals surface area contributed by atoms with Gasteiger partial charge in [-0.3, -0.25) is 24.8 Å². The number of ether oxygens (including phenoxy) is 1. The van der Waals surface area contributed by atoms with Gasteiger partial charge in [0, 0.05) is 13.1 Å². The van der Waals surface area contributed by atoms with Crippen LogP contribution in [0.4, 0.5) is 5.69 Å². The maximum Gasteiger partial charge on any atom is 0.319 e. The van der Waals surface area contributed by atoms with E-state index in [9.17, 15) is 19.7 Å². The molecule has 0 saturated carbocycles. The minimum absolute atomic E-state index is 0.227. The summed E-state index contributed by atoms with van der Waals surface area (Å²) in [5.74, 6) is -1.00. The molecule has 0 atom stereocenters. The number of aromatic nitrogens is 2. The van der Waals surface area contributed by atoms with Crippen LogP contribution < -0.4 is 5.32 Å². The molecular formula is C10H13N5O5. The van der Waals surface area contributed by atoms with E-state index in [2.05, 4.69) is 15.5 Å². The molecule has 1 aliphatic rings. The minimum atomic E-state index is -0.740. The lowest BCUT2D eigenvalue weighted by molar-refractivity contribution is -0.385. The van der Waals surface area contributed by atoms with Crippen molar-refractivity contribution in [2.75, 3.05) is 32.8 Å². The van der Waals surface area contributed by atoms with Crippen LogP contribution in [0.5, 0.6) is 0 Å². The van der Waals surface area contributed by atoms with Crippen molar-refractivity contribution >= 4 is 17.5 Å². The van der Waals surface area contributed by atoms with E-state index in [1.807, 2.05) is 0 Å². The number of amides is 2. The summed E-state index contributed by atoms with van der Waals surface area (Å²) in [4.78, 5) is 35.0. The van der Waals surface area contributed by atoms with Crippen LogP contribution in [0.15, 0.2) is 6.20 Å². The molecule has 108 valence electrons. The van der Waals surface area contributed by atoms with E-state index in [1.165, 1.54) is 0 Å². The van der Waals surface area contributed by atoms with E-state index < -0.39 is 16.5 Å². The Labute approximate surface area is 113 Å². The van der Waals surface area contributed by atoms with Gasteiger partial charge in [-0.25, -0.2) is 0 Å². The van der Waals surface area contributed by atoms with Crippen molar-refractivity contribution in [1.29, 1.82) is 0 Å². The number of carbonyl (C=O) groups is 2. The van der Waals surface area contributed by atoms with Crippen LogP contribution in [-0.2, 0) is 9.53 Å². The van der Waals surface area contributed by atoms with Gasteiger partial charge < -0.3 is 15.0 Å². The summed E-state index contributed by atoms with van der Waals surface area (Å²) < 4.78 is 5.11. The van der Waals surface area contributed by atoms with Gasteiger partial charge in [0.15, 0.2) is 0 Å². The van der Waals surface area contributed by atoms with Crippen molar-refractivity contribution in [1.82, 2.24) is 20.4 Å². The fourth-order valence-electron chi connectivity index (χ4n) is 1.75. The number of H-pyrrole nitrogens is 1. The van der Waals surface area contributed by atoms with Gasteiger partial charge in [0.1, 0.15) is 6.20 Å². The molecule has 1 fully saturated rings. The maximum absolute atomic E-state index is 11.8. The number of nitro groups is 1. The number of hydrogen-bond acceptors (Lipinski definition) is 6. The summed E-state index contributed by atoms with van der Waals surface area (Å²) in [5, 5.41) is 18.7. The Morgan fingerprint density at radius 2 is 2.20 bits per heavy atom. The Hall–Kier alpha value is -2.49. The number of hydrogen-bond donors (Lipinski definition) is 2. The molecule has 2 rings (SSSR count). The first-order valence-corrected chi connectivity index (χ1v) is 5.91. The monoisotopic (exact) mass is 283 g/mol. The van der Waals surface area contributed by atoms with Crippen LogP contribution in [0.25, 0.3) is 0 Å². The Bertz CT molecular complexity index is 522. The zero-order valence-corrected chi connectivity index (χ0v) is 10.5. The van der Waals surface area contributed by atoms with Gasteiger partial charge in [-0.2, -0.15) is 5.10 Å². The quantitative estimate of drug-likeness (QED) is 0.533. The Kier molecular flexibility index (Phi) is 4.25.